The highest BCUT2D eigenvalue weighted by Gasteiger charge is 1.97. The molecule has 0 aliphatic rings. The van der Waals surface area contributed by atoms with Crippen LogP contribution in [0.5, 0.6) is 0 Å². The maximum absolute atomic E-state index is 10.3. The normalized spacial score (nSPS) is 11.7. The lowest BCUT2D eigenvalue weighted by molar-refractivity contribution is -0.137. The van der Waals surface area contributed by atoms with Crippen molar-refractivity contribution in [2.45, 2.75) is 136 Å². The lowest BCUT2D eigenvalue weighted by Crippen LogP contribution is -2.32. The number of likely N-dealkylation sites (N-methyl/N-ethyl adjacent to an activating group) is 1. The number of hydrogen-bond acceptors (Lipinski definition) is 3. The van der Waals surface area contributed by atoms with Crippen LogP contribution in [0.4, 0.5) is 0 Å². The van der Waals surface area contributed by atoms with Crippen molar-refractivity contribution in [3.63, 3.8) is 0 Å². The van der Waals surface area contributed by atoms with Crippen LogP contribution >= 0.6 is 0 Å². The van der Waals surface area contributed by atoms with Crippen LogP contribution in [0.2, 0.25) is 0 Å². The second-order valence-corrected chi connectivity index (χ2v) is 8.07. The number of carboxylic acid groups (broad SMARTS) is 1. The van der Waals surface area contributed by atoms with Gasteiger partial charge >= 0.3 is 5.97 Å². The van der Waals surface area contributed by atoms with Crippen molar-refractivity contribution in [1.29, 1.82) is 0 Å². The molecule has 0 radical (unpaired) electrons. The first-order valence-electron chi connectivity index (χ1n) is 12.3. The lowest BCUT2D eigenvalue weighted by Gasteiger charge is -2.06. The van der Waals surface area contributed by atoms with Crippen molar-refractivity contribution in [3.05, 3.63) is 0 Å². The second-order valence-electron chi connectivity index (χ2n) is 8.07. The van der Waals surface area contributed by atoms with E-state index in [9.17, 15) is 4.79 Å². The van der Waals surface area contributed by atoms with Gasteiger partial charge in [-0.3, -0.25) is 4.79 Å². The number of carboxylic acids is 1. The standard InChI is InChI=1S/C18H36O2.C6H16N2/c1-2-3-4-5-6-7-8-9-10-11-12-13-14-15-16-17-18(19)20;1-3-6(7)5-8-4-2/h2-17H2,1H3,(H,19,20);6,8H,3-5,7H2,1-2H3. The number of carbonyl (C=O) groups is 1. The number of unbranched alkanes of at least 4 members (excludes halogenated alkanes) is 14. The van der Waals surface area contributed by atoms with E-state index in [1.54, 1.807) is 0 Å². The summed E-state index contributed by atoms with van der Waals surface area (Å²) in [4.78, 5) is 10.3. The molecule has 0 amide bonds. The summed E-state index contributed by atoms with van der Waals surface area (Å²) >= 11 is 0. The molecule has 0 saturated carbocycles. The first-order chi connectivity index (χ1) is 13.6. The van der Waals surface area contributed by atoms with E-state index in [0.29, 0.717) is 12.5 Å². The topological polar surface area (TPSA) is 75.3 Å². The monoisotopic (exact) mass is 400 g/mol. The van der Waals surface area contributed by atoms with E-state index in [1.165, 1.54) is 83.5 Å². The van der Waals surface area contributed by atoms with Gasteiger partial charge in [-0.15, -0.1) is 0 Å². The van der Waals surface area contributed by atoms with E-state index < -0.39 is 5.97 Å². The van der Waals surface area contributed by atoms with Crippen LogP contribution in [-0.4, -0.2) is 30.2 Å². The molecular formula is C24H52N2O2. The fourth-order valence-corrected chi connectivity index (χ4v) is 3.12. The van der Waals surface area contributed by atoms with Gasteiger partial charge in [-0.1, -0.05) is 111 Å². The number of nitrogens with two attached hydrogens (primary N) is 1. The van der Waals surface area contributed by atoms with Gasteiger partial charge in [-0.25, -0.2) is 0 Å². The maximum atomic E-state index is 10.3. The molecule has 1 atom stereocenters. The highest BCUT2D eigenvalue weighted by Crippen LogP contribution is 2.13. The first-order valence-corrected chi connectivity index (χ1v) is 12.3. The second kappa shape index (κ2) is 26.4. The Morgan fingerprint density at radius 1 is 0.750 bits per heavy atom. The van der Waals surface area contributed by atoms with E-state index in [0.717, 1.165) is 32.4 Å². The molecule has 0 aromatic rings. The van der Waals surface area contributed by atoms with Crippen LogP contribution in [0.25, 0.3) is 0 Å². The Hall–Kier alpha value is -0.610. The van der Waals surface area contributed by atoms with Gasteiger partial charge in [-0.2, -0.15) is 0 Å². The third-order valence-corrected chi connectivity index (χ3v) is 5.18. The Labute approximate surface area is 176 Å². The minimum Gasteiger partial charge on any atom is -0.481 e. The average Bonchev–Trinajstić information content (AvgIpc) is 2.69. The van der Waals surface area contributed by atoms with Crippen LogP contribution in [0.1, 0.15) is 130 Å². The summed E-state index contributed by atoms with van der Waals surface area (Å²) in [6, 6.07) is 0.343. The molecule has 0 aliphatic carbocycles. The summed E-state index contributed by atoms with van der Waals surface area (Å²) in [6.45, 7) is 8.43. The molecule has 0 heterocycles. The zero-order chi connectivity index (χ0) is 21.3. The van der Waals surface area contributed by atoms with Gasteiger partial charge in [0.15, 0.2) is 0 Å². The fourth-order valence-electron chi connectivity index (χ4n) is 3.12. The van der Waals surface area contributed by atoms with Crippen LogP contribution in [-0.2, 0) is 4.79 Å². The molecule has 0 aromatic carbocycles. The third-order valence-electron chi connectivity index (χ3n) is 5.18. The van der Waals surface area contributed by atoms with Crippen LogP contribution < -0.4 is 11.1 Å². The van der Waals surface area contributed by atoms with Gasteiger partial charge in [0.1, 0.15) is 0 Å². The van der Waals surface area contributed by atoms with Crippen LogP contribution in [0.3, 0.4) is 0 Å². The Bertz CT molecular complexity index is 298. The summed E-state index contributed by atoms with van der Waals surface area (Å²) < 4.78 is 0. The largest absolute Gasteiger partial charge is 0.481 e. The molecule has 0 aromatic heterocycles. The van der Waals surface area contributed by atoms with E-state index in [-0.39, 0.29) is 0 Å². The maximum Gasteiger partial charge on any atom is 0.303 e. The molecule has 0 fully saturated rings. The van der Waals surface area contributed by atoms with E-state index in [4.69, 9.17) is 10.8 Å². The van der Waals surface area contributed by atoms with E-state index in [2.05, 4.69) is 26.1 Å². The molecule has 4 N–H and O–H groups in total. The summed E-state index contributed by atoms with van der Waals surface area (Å²) in [5.41, 5.74) is 5.60. The number of rotatable bonds is 20. The quantitative estimate of drug-likeness (QED) is 0.200. The van der Waals surface area contributed by atoms with Crippen molar-refractivity contribution >= 4 is 5.97 Å². The Kier molecular flexibility index (Phi) is 27.9. The molecule has 0 rings (SSSR count). The van der Waals surface area contributed by atoms with E-state index in [1.807, 2.05) is 0 Å². The molecule has 1 unspecified atom stereocenters. The van der Waals surface area contributed by atoms with Crippen LogP contribution in [0, 0.1) is 0 Å². The SMILES string of the molecule is CCCCCCCCCCCCCCCCCC(=O)O.CCNCC(N)CC. The summed E-state index contributed by atoms with van der Waals surface area (Å²) in [5.74, 6) is -0.653. The van der Waals surface area contributed by atoms with Gasteiger partial charge in [0.2, 0.25) is 0 Å². The lowest BCUT2D eigenvalue weighted by atomic mass is 10.0. The van der Waals surface area contributed by atoms with Gasteiger partial charge < -0.3 is 16.2 Å². The fraction of sp³-hybridized carbons (Fsp3) is 0.958. The van der Waals surface area contributed by atoms with E-state index >= 15 is 0 Å². The van der Waals surface area contributed by atoms with Crippen molar-refractivity contribution in [3.8, 4) is 0 Å². The van der Waals surface area contributed by atoms with Gasteiger partial charge in [0.25, 0.3) is 0 Å². The zero-order valence-corrected chi connectivity index (χ0v) is 19.4. The molecule has 4 nitrogen and oxygen atoms in total. The van der Waals surface area contributed by atoms with Crippen molar-refractivity contribution < 1.29 is 9.90 Å². The zero-order valence-electron chi connectivity index (χ0n) is 19.4. The minimum atomic E-state index is -0.653. The summed E-state index contributed by atoms with van der Waals surface area (Å²) in [7, 11) is 0. The number of aliphatic carboxylic acids is 1. The number of hydrogen-bond donors (Lipinski definition) is 3. The van der Waals surface area contributed by atoms with Crippen molar-refractivity contribution in [1.82, 2.24) is 5.32 Å². The molecule has 0 saturated heterocycles. The predicted octanol–water partition coefficient (Wildman–Crippen LogP) is 6.67. The Balaban J connectivity index is 0. The average molecular weight is 401 g/mol. The van der Waals surface area contributed by atoms with Crippen molar-refractivity contribution in [2.24, 2.45) is 5.73 Å². The predicted molar refractivity (Wildman–Crippen MR) is 124 cm³/mol. The summed E-state index contributed by atoms with van der Waals surface area (Å²) in [6.07, 6.45) is 21.3. The van der Waals surface area contributed by atoms with Gasteiger partial charge in [0.05, 0.1) is 0 Å². The Morgan fingerprint density at radius 3 is 1.46 bits per heavy atom. The third kappa shape index (κ3) is 30.1. The number of nitrogens with one attached hydrogen (secondary N) is 1. The van der Waals surface area contributed by atoms with Gasteiger partial charge in [0, 0.05) is 19.0 Å². The molecule has 28 heavy (non-hydrogen) atoms. The highest BCUT2D eigenvalue weighted by molar-refractivity contribution is 5.66. The molecule has 170 valence electrons. The molecule has 0 spiro atoms. The first kappa shape index (κ1) is 29.6. The molecule has 0 aliphatic heterocycles. The minimum absolute atomic E-state index is 0.343. The Morgan fingerprint density at radius 2 is 1.14 bits per heavy atom. The molecule has 4 heteroatoms. The smallest absolute Gasteiger partial charge is 0.303 e. The molecule has 0 bridgehead atoms. The summed E-state index contributed by atoms with van der Waals surface area (Å²) in [5, 5.41) is 11.7. The van der Waals surface area contributed by atoms with Crippen molar-refractivity contribution in [2.75, 3.05) is 13.1 Å². The highest BCUT2D eigenvalue weighted by atomic mass is 16.4. The van der Waals surface area contributed by atoms with Gasteiger partial charge in [-0.05, 0) is 19.4 Å². The molecular weight excluding hydrogens is 348 g/mol. The van der Waals surface area contributed by atoms with Crippen LogP contribution in [0.15, 0.2) is 0 Å².